The summed E-state index contributed by atoms with van der Waals surface area (Å²) in [6.07, 6.45) is 8.48. The number of carbonyl (C=O) groups excluding carboxylic acids is 1. The molecule has 18 heavy (non-hydrogen) atoms. The molecule has 4 nitrogen and oxygen atoms in total. The van der Waals surface area contributed by atoms with Crippen molar-refractivity contribution in [2.45, 2.75) is 6.92 Å². The van der Waals surface area contributed by atoms with Crippen molar-refractivity contribution >= 4 is 12.0 Å². The molecular weight excluding hydrogens is 228 g/mol. The number of imidazole rings is 1. The lowest BCUT2D eigenvalue weighted by atomic mass is 10.2. The topological polar surface area (TPSA) is 44.1 Å². The zero-order valence-corrected chi connectivity index (χ0v) is 10.1. The Hall–Kier alpha value is -2.36. The Kier molecular flexibility index (Phi) is 3.91. The lowest BCUT2D eigenvalue weighted by molar-refractivity contribution is -0.137. The lowest BCUT2D eigenvalue weighted by Gasteiger charge is -2.02. The third-order valence-electron chi connectivity index (χ3n) is 2.37. The fraction of sp³-hybridized carbons (Fsp3) is 0.143. The molecule has 0 unspecified atom stereocenters. The van der Waals surface area contributed by atoms with Gasteiger partial charge in [0, 0.05) is 24.2 Å². The van der Waals surface area contributed by atoms with Gasteiger partial charge in [0.25, 0.3) is 0 Å². The van der Waals surface area contributed by atoms with Gasteiger partial charge < -0.3 is 9.30 Å². The van der Waals surface area contributed by atoms with Gasteiger partial charge in [-0.1, -0.05) is 12.1 Å². The number of rotatable bonds is 4. The van der Waals surface area contributed by atoms with Crippen LogP contribution in [-0.4, -0.2) is 22.1 Å². The van der Waals surface area contributed by atoms with Crippen molar-refractivity contribution in [1.29, 1.82) is 0 Å². The van der Waals surface area contributed by atoms with Crippen LogP contribution in [-0.2, 0) is 9.53 Å². The van der Waals surface area contributed by atoms with Gasteiger partial charge in [0.05, 0.1) is 12.9 Å². The van der Waals surface area contributed by atoms with Gasteiger partial charge in [0.1, 0.15) is 0 Å². The van der Waals surface area contributed by atoms with Crippen molar-refractivity contribution in [1.82, 2.24) is 9.55 Å². The van der Waals surface area contributed by atoms with E-state index < -0.39 is 0 Å². The summed E-state index contributed by atoms with van der Waals surface area (Å²) in [5.74, 6) is -0.328. The number of hydrogen-bond acceptors (Lipinski definition) is 3. The Bertz CT molecular complexity index is 545. The van der Waals surface area contributed by atoms with Crippen LogP contribution in [0.3, 0.4) is 0 Å². The number of hydrogen-bond donors (Lipinski definition) is 0. The predicted molar refractivity (Wildman–Crippen MR) is 69.2 cm³/mol. The van der Waals surface area contributed by atoms with Gasteiger partial charge in [-0.2, -0.15) is 0 Å². The SMILES string of the molecule is CCOC(=O)C=Cc1cccc(-n2ccnc2)c1. The maximum absolute atomic E-state index is 11.2. The monoisotopic (exact) mass is 242 g/mol. The van der Waals surface area contributed by atoms with Gasteiger partial charge in [-0.25, -0.2) is 9.78 Å². The molecule has 0 fully saturated rings. The van der Waals surface area contributed by atoms with Crippen molar-refractivity contribution in [3.63, 3.8) is 0 Å². The second kappa shape index (κ2) is 5.82. The summed E-state index contributed by atoms with van der Waals surface area (Å²) in [6, 6.07) is 7.80. The van der Waals surface area contributed by atoms with E-state index >= 15 is 0 Å². The molecule has 1 aromatic carbocycles. The first kappa shape index (κ1) is 12.1. The predicted octanol–water partition coefficient (Wildman–Crippen LogP) is 2.45. The number of aromatic nitrogens is 2. The molecule has 0 spiro atoms. The number of ether oxygens (including phenoxy) is 1. The molecule has 0 aliphatic carbocycles. The van der Waals surface area contributed by atoms with E-state index in [0.29, 0.717) is 6.61 Å². The average Bonchev–Trinajstić information content (AvgIpc) is 2.91. The Morgan fingerprint density at radius 2 is 2.39 bits per heavy atom. The van der Waals surface area contributed by atoms with Crippen LogP contribution in [0.25, 0.3) is 11.8 Å². The smallest absolute Gasteiger partial charge is 0.330 e. The van der Waals surface area contributed by atoms with E-state index in [9.17, 15) is 4.79 Å². The van der Waals surface area contributed by atoms with Crippen molar-refractivity contribution in [3.05, 3.63) is 54.6 Å². The van der Waals surface area contributed by atoms with Crippen LogP contribution in [0, 0.1) is 0 Å². The Balaban J connectivity index is 2.15. The summed E-state index contributed by atoms with van der Waals surface area (Å²) in [4.78, 5) is 15.2. The molecule has 0 saturated heterocycles. The number of benzene rings is 1. The maximum Gasteiger partial charge on any atom is 0.330 e. The van der Waals surface area contributed by atoms with Crippen molar-refractivity contribution < 1.29 is 9.53 Å². The highest BCUT2D eigenvalue weighted by atomic mass is 16.5. The molecule has 0 amide bonds. The minimum absolute atomic E-state index is 0.328. The standard InChI is InChI=1S/C14H14N2O2/c1-2-18-14(17)7-6-12-4-3-5-13(10-12)16-9-8-15-11-16/h3-11H,2H2,1H3. The Morgan fingerprint density at radius 1 is 1.50 bits per heavy atom. The zero-order chi connectivity index (χ0) is 12.8. The van der Waals surface area contributed by atoms with Gasteiger partial charge in [-0.05, 0) is 30.7 Å². The third-order valence-corrected chi connectivity index (χ3v) is 2.37. The minimum Gasteiger partial charge on any atom is -0.463 e. The van der Waals surface area contributed by atoms with Crippen molar-refractivity contribution in [3.8, 4) is 5.69 Å². The summed E-state index contributed by atoms with van der Waals surface area (Å²) < 4.78 is 6.73. The van der Waals surface area contributed by atoms with Crippen LogP contribution in [0.4, 0.5) is 0 Å². The maximum atomic E-state index is 11.2. The summed E-state index contributed by atoms with van der Waals surface area (Å²) in [5.41, 5.74) is 1.94. The van der Waals surface area contributed by atoms with E-state index in [0.717, 1.165) is 11.3 Å². The third kappa shape index (κ3) is 3.07. The number of esters is 1. The molecule has 0 radical (unpaired) electrons. The second-order valence-electron chi connectivity index (χ2n) is 3.65. The Labute approximate surface area is 106 Å². The molecule has 4 heteroatoms. The first-order valence-electron chi connectivity index (χ1n) is 5.73. The van der Waals surface area contributed by atoms with Crippen LogP contribution in [0.1, 0.15) is 12.5 Å². The normalized spacial score (nSPS) is 10.7. The highest BCUT2D eigenvalue weighted by molar-refractivity contribution is 5.87. The first-order chi connectivity index (χ1) is 8.79. The van der Waals surface area contributed by atoms with Crippen LogP contribution in [0.2, 0.25) is 0 Å². The molecule has 0 atom stereocenters. The van der Waals surface area contributed by atoms with Crippen LogP contribution >= 0.6 is 0 Å². The van der Waals surface area contributed by atoms with Gasteiger partial charge in [0.2, 0.25) is 0 Å². The fourth-order valence-corrected chi connectivity index (χ4v) is 1.56. The van der Waals surface area contributed by atoms with E-state index in [1.807, 2.05) is 35.0 Å². The molecular formula is C14H14N2O2. The minimum atomic E-state index is -0.328. The Morgan fingerprint density at radius 3 is 3.11 bits per heavy atom. The van der Waals surface area contributed by atoms with Crippen LogP contribution in [0.15, 0.2) is 49.1 Å². The zero-order valence-electron chi connectivity index (χ0n) is 10.1. The van der Waals surface area contributed by atoms with E-state index in [2.05, 4.69) is 4.98 Å². The molecule has 0 bridgehead atoms. The molecule has 0 saturated carbocycles. The molecule has 1 heterocycles. The highest BCUT2D eigenvalue weighted by Crippen LogP contribution is 2.11. The molecule has 2 aromatic rings. The van der Waals surface area contributed by atoms with Crippen molar-refractivity contribution in [2.24, 2.45) is 0 Å². The molecule has 0 N–H and O–H groups in total. The van der Waals surface area contributed by atoms with Gasteiger partial charge >= 0.3 is 5.97 Å². The summed E-state index contributed by atoms with van der Waals surface area (Å²) in [7, 11) is 0. The fourth-order valence-electron chi connectivity index (χ4n) is 1.56. The van der Waals surface area contributed by atoms with E-state index in [4.69, 9.17) is 4.74 Å². The largest absolute Gasteiger partial charge is 0.463 e. The average molecular weight is 242 g/mol. The van der Waals surface area contributed by atoms with E-state index in [1.165, 1.54) is 6.08 Å². The van der Waals surface area contributed by atoms with Crippen LogP contribution in [0.5, 0.6) is 0 Å². The summed E-state index contributed by atoms with van der Waals surface area (Å²) in [5, 5.41) is 0. The lowest BCUT2D eigenvalue weighted by Crippen LogP contribution is -1.98. The van der Waals surface area contributed by atoms with Gasteiger partial charge in [0.15, 0.2) is 0 Å². The van der Waals surface area contributed by atoms with E-state index in [-0.39, 0.29) is 5.97 Å². The summed E-state index contributed by atoms with van der Waals surface area (Å²) >= 11 is 0. The quantitative estimate of drug-likeness (QED) is 0.611. The van der Waals surface area contributed by atoms with Crippen LogP contribution < -0.4 is 0 Å². The second-order valence-corrected chi connectivity index (χ2v) is 3.65. The number of carbonyl (C=O) groups is 1. The van der Waals surface area contributed by atoms with E-state index in [1.54, 1.807) is 25.5 Å². The van der Waals surface area contributed by atoms with Gasteiger partial charge in [-0.3, -0.25) is 0 Å². The number of nitrogens with zero attached hydrogens (tertiary/aromatic N) is 2. The molecule has 0 aliphatic heterocycles. The molecule has 0 aliphatic rings. The molecule has 92 valence electrons. The summed E-state index contributed by atoms with van der Waals surface area (Å²) in [6.45, 7) is 2.17. The van der Waals surface area contributed by atoms with Crippen molar-refractivity contribution in [2.75, 3.05) is 6.61 Å². The highest BCUT2D eigenvalue weighted by Gasteiger charge is 1.97. The van der Waals surface area contributed by atoms with Gasteiger partial charge in [-0.15, -0.1) is 0 Å². The first-order valence-corrected chi connectivity index (χ1v) is 5.73. The molecule has 2 rings (SSSR count). The molecule has 1 aromatic heterocycles.